The second-order valence-corrected chi connectivity index (χ2v) is 3.89. The number of carboxylic acid groups (broad SMARTS) is 1. The fourth-order valence-electron chi connectivity index (χ4n) is 1.42. The molecule has 0 unspecified atom stereocenters. The Kier molecular flexibility index (Phi) is 4.12. The van der Waals surface area contributed by atoms with E-state index >= 15 is 0 Å². The van der Waals surface area contributed by atoms with Crippen molar-refractivity contribution in [2.24, 2.45) is 0 Å². The molecular weight excluding hydrogens is 214 g/mol. The predicted octanol–water partition coefficient (Wildman–Crippen LogP) is 1.86. The summed E-state index contributed by atoms with van der Waals surface area (Å²) in [6.07, 6.45) is 0.467. The molecule has 1 rings (SSSR count). The van der Waals surface area contributed by atoms with E-state index in [0.717, 1.165) is 11.1 Å². The molecule has 1 aromatic carbocycles. The minimum atomic E-state index is -0.841. The number of nitrogens with one attached hydrogen (secondary N) is 1. The van der Waals surface area contributed by atoms with Crippen molar-refractivity contribution in [1.29, 1.82) is 0 Å². The molecule has 0 aliphatic carbocycles. The molecule has 0 spiro atoms. The number of likely N-dealkylation sites (N-methyl/N-ethyl adjacent to an activating group) is 1. The highest BCUT2D eigenvalue weighted by Gasteiger charge is 2.16. The third kappa shape index (κ3) is 3.22. The number of hydrogen-bond donors (Lipinski definition) is 2. The van der Waals surface area contributed by atoms with Gasteiger partial charge in [0.1, 0.15) is 6.04 Å². The van der Waals surface area contributed by atoms with Gasteiger partial charge >= 0.3 is 5.97 Å². The van der Waals surface area contributed by atoms with Crippen LogP contribution in [0.3, 0.4) is 0 Å². The first-order valence-corrected chi connectivity index (χ1v) is 5.07. The van der Waals surface area contributed by atoms with E-state index in [9.17, 15) is 4.79 Å². The molecule has 0 radical (unpaired) electrons. The van der Waals surface area contributed by atoms with Crippen molar-refractivity contribution in [3.05, 3.63) is 34.3 Å². The van der Waals surface area contributed by atoms with Crippen molar-refractivity contribution in [3.8, 4) is 0 Å². The smallest absolute Gasteiger partial charge is 0.321 e. The Balaban J connectivity index is 2.84. The third-order valence-corrected chi connectivity index (χ3v) is 2.61. The number of halogens is 1. The molecule has 1 aromatic rings. The van der Waals surface area contributed by atoms with Crippen LogP contribution in [0, 0.1) is 6.92 Å². The fraction of sp³-hybridized carbons (Fsp3) is 0.364. The van der Waals surface area contributed by atoms with Gasteiger partial charge in [-0.25, -0.2) is 0 Å². The van der Waals surface area contributed by atoms with Gasteiger partial charge in [0.05, 0.1) is 0 Å². The van der Waals surface area contributed by atoms with Crippen molar-refractivity contribution in [1.82, 2.24) is 5.32 Å². The lowest BCUT2D eigenvalue weighted by molar-refractivity contribution is -0.139. The van der Waals surface area contributed by atoms with Crippen LogP contribution in [0.15, 0.2) is 18.2 Å². The molecule has 82 valence electrons. The summed E-state index contributed by atoms with van der Waals surface area (Å²) in [6, 6.07) is 4.93. The summed E-state index contributed by atoms with van der Waals surface area (Å²) in [5.74, 6) is -0.841. The van der Waals surface area contributed by atoms with Crippen LogP contribution in [0.2, 0.25) is 5.02 Å². The van der Waals surface area contributed by atoms with Gasteiger partial charge < -0.3 is 10.4 Å². The minimum Gasteiger partial charge on any atom is -0.480 e. The molecule has 0 aliphatic heterocycles. The van der Waals surface area contributed by atoms with Crippen molar-refractivity contribution in [2.45, 2.75) is 19.4 Å². The van der Waals surface area contributed by atoms with Gasteiger partial charge in [-0.05, 0) is 43.7 Å². The molecule has 1 atom stereocenters. The summed E-state index contributed by atoms with van der Waals surface area (Å²) in [4.78, 5) is 10.8. The van der Waals surface area contributed by atoms with Crippen molar-refractivity contribution < 1.29 is 9.90 Å². The third-order valence-electron chi connectivity index (χ3n) is 2.38. The summed E-state index contributed by atoms with van der Waals surface area (Å²) < 4.78 is 0. The molecule has 2 N–H and O–H groups in total. The lowest BCUT2D eigenvalue weighted by atomic mass is 10.0. The zero-order chi connectivity index (χ0) is 11.4. The largest absolute Gasteiger partial charge is 0.480 e. The molecular formula is C11H14ClNO2. The van der Waals surface area contributed by atoms with Crippen molar-refractivity contribution in [2.75, 3.05) is 7.05 Å². The highest BCUT2D eigenvalue weighted by Crippen LogP contribution is 2.16. The van der Waals surface area contributed by atoms with E-state index in [1.165, 1.54) is 0 Å². The van der Waals surface area contributed by atoms with Crippen LogP contribution in [0.1, 0.15) is 11.1 Å². The zero-order valence-corrected chi connectivity index (χ0v) is 9.51. The first kappa shape index (κ1) is 12.0. The van der Waals surface area contributed by atoms with Crippen LogP contribution in [-0.4, -0.2) is 24.2 Å². The average molecular weight is 228 g/mol. The Morgan fingerprint density at radius 2 is 2.27 bits per heavy atom. The van der Waals surface area contributed by atoms with Gasteiger partial charge in [-0.1, -0.05) is 17.7 Å². The molecule has 15 heavy (non-hydrogen) atoms. The highest BCUT2D eigenvalue weighted by molar-refractivity contribution is 6.30. The maximum atomic E-state index is 10.8. The van der Waals surface area contributed by atoms with E-state index in [-0.39, 0.29) is 0 Å². The predicted molar refractivity (Wildman–Crippen MR) is 60.4 cm³/mol. The molecule has 0 bridgehead atoms. The van der Waals surface area contributed by atoms with Crippen molar-refractivity contribution in [3.63, 3.8) is 0 Å². The SMILES string of the molecule is CN[C@H](Cc1ccc(Cl)cc1C)C(=O)O. The summed E-state index contributed by atoms with van der Waals surface area (Å²) in [7, 11) is 1.64. The molecule has 0 saturated heterocycles. The fourth-order valence-corrected chi connectivity index (χ4v) is 1.65. The number of aliphatic carboxylic acids is 1. The number of benzene rings is 1. The Hall–Kier alpha value is -1.06. The second kappa shape index (κ2) is 5.14. The highest BCUT2D eigenvalue weighted by atomic mass is 35.5. The van der Waals surface area contributed by atoms with Gasteiger partial charge in [0.15, 0.2) is 0 Å². The van der Waals surface area contributed by atoms with Gasteiger partial charge in [0.25, 0.3) is 0 Å². The number of carbonyl (C=O) groups is 1. The van der Waals surface area contributed by atoms with E-state index in [0.29, 0.717) is 11.4 Å². The lowest BCUT2D eigenvalue weighted by Gasteiger charge is -2.13. The molecule has 4 heteroatoms. The van der Waals surface area contributed by atoms with Crippen LogP contribution in [0.4, 0.5) is 0 Å². The Bertz CT molecular complexity index is 366. The van der Waals surface area contributed by atoms with E-state index in [2.05, 4.69) is 5.32 Å². The van der Waals surface area contributed by atoms with Gasteiger partial charge in [-0.2, -0.15) is 0 Å². The van der Waals surface area contributed by atoms with Crippen LogP contribution in [0.5, 0.6) is 0 Å². The quantitative estimate of drug-likeness (QED) is 0.826. The molecule has 0 aliphatic rings. The maximum Gasteiger partial charge on any atom is 0.321 e. The van der Waals surface area contributed by atoms with Gasteiger partial charge in [-0.3, -0.25) is 4.79 Å². The Morgan fingerprint density at radius 3 is 2.73 bits per heavy atom. The van der Waals surface area contributed by atoms with Crippen LogP contribution in [0.25, 0.3) is 0 Å². The molecule has 0 heterocycles. The van der Waals surface area contributed by atoms with Crippen molar-refractivity contribution >= 4 is 17.6 Å². The van der Waals surface area contributed by atoms with Gasteiger partial charge in [0, 0.05) is 5.02 Å². The second-order valence-electron chi connectivity index (χ2n) is 3.45. The number of hydrogen-bond acceptors (Lipinski definition) is 2. The topological polar surface area (TPSA) is 49.3 Å². The first-order valence-electron chi connectivity index (χ1n) is 4.69. The molecule has 0 aromatic heterocycles. The average Bonchev–Trinajstić information content (AvgIpc) is 2.16. The summed E-state index contributed by atoms with van der Waals surface area (Å²) in [5.41, 5.74) is 2.02. The monoisotopic (exact) mass is 227 g/mol. The van der Waals surface area contributed by atoms with Gasteiger partial charge in [-0.15, -0.1) is 0 Å². The molecule has 3 nitrogen and oxygen atoms in total. The molecule has 0 saturated carbocycles. The molecule has 0 amide bonds. The summed E-state index contributed by atoms with van der Waals surface area (Å²) >= 11 is 5.82. The Morgan fingerprint density at radius 1 is 1.60 bits per heavy atom. The van der Waals surface area contributed by atoms with E-state index in [1.54, 1.807) is 13.1 Å². The standard InChI is InChI=1S/C11H14ClNO2/c1-7-5-9(12)4-3-8(7)6-10(13-2)11(14)15/h3-5,10,13H,6H2,1-2H3,(H,14,15)/t10-/m1/s1. The van der Waals surface area contributed by atoms with Crippen LogP contribution < -0.4 is 5.32 Å². The Labute approximate surface area is 94.1 Å². The number of rotatable bonds is 4. The number of aryl methyl sites for hydroxylation is 1. The maximum absolute atomic E-state index is 10.8. The normalized spacial score (nSPS) is 12.5. The molecule has 0 fully saturated rings. The van der Waals surface area contributed by atoms with E-state index in [4.69, 9.17) is 16.7 Å². The van der Waals surface area contributed by atoms with Crippen LogP contribution in [-0.2, 0) is 11.2 Å². The minimum absolute atomic E-state index is 0.467. The summed E-state index contributed by atoms with van der Waals surface area (Å²) in [6.45, 7) is 1.93. The van der Waals surface area contributed by atoms with Gasteiger partial charge in [0.2, 0.25) is 0 Å². The number of carboxylic acids is 1. The first-order chi connectivity index (χ1) is 7.04. The van der Waals surface area contributed by atoms with E-state index < -0.39 is 12.0 Å². The zero-order valence-electron chi connectivity index (χ0n) is 8.75. The van der Waals surface area contributed by atoms with Crippen LogP contribution >= 0.6 is 11.6 Å². The summed E-state index contributed by atoms with van der Waals surface area (Å²) in [5, 5.41) is 12.3. The lowest BCUT2D eigenvalue weighted by Crippen LogP contribution is -2.35. The van der Waals surface area contributed by atoms with E-state index in [1.807, 2.05) is 19.1 Å².